The van der Waals surface area contributed by atoms with Crippen molar-refractivity contribution in [2.75, 3.05) is 6.54 Å². The fourth-order valence-corrected chi connectivity index (χ4v) is 1.88. The lowest BCUT2D eigenvalue weighted by molar-refractivity contribution is -0.128. The zero-order valence-corrected chi connectivity index (χ0v) is 14.5. The standard InChI is InChI=1S/C18H28N2O3/c1-5-15(21)10-11-19-16(22)14-8-6-13(7-9-14)12-20-17(23)18(2,3)4/h6-9,15,21H,5,10-12H2,1-4H3,(H,19,22)(H,20,23). The molecule has 128 valence electrons. The summed E-state index contributed by atoms with van der Waals surface area (Å²) in [6.45, 7) is 8.41. The van der Waals surface area contributed by atoms with Crippen molar-refractivity contribution in [2.45, 2.75) is 53.2 Å². The highest BCUT2D eigenvalue weighted by Crippen LogP contribution is 2.13. The number of carbonyl (C=O) groups is 2. The Morgan fingerprint density at radius 3 is 2.26 bits per heavy atom. The second-order valence-electron chi connectivity index (χ2n) is 6.74. The maximum atomic E-state index is 12.0. The molecule has 1 aromatic carbocycles. The van der Waals surface area contributed by atoms with E-state index < -0.39 is 5.41 Å². The fourth-order valence-electron chi connectivity index (χ4n) is 1.88. The van der Waals surface area contributed by atoms with E-state index in [1.54, 1.807) is 12.1 Å². The smallest absolute Gasteiger partial charge is 0.251 e. The summed E-state index contributed by atoms with van der Waals surface area (Å²) in [7, 11) is 0. The first kappa shape index (κ1) is 19.2. The predicted molar refractivity (Wildman–Crippen MR) is 91.0 cm³/mol. The van der Waals surface area contributed by atoms with Crippen LogP contribution >= 0.6 is 0 Å². The van der Waals surface area contributed by atoms with Crippen LogP contribution in [0.4, 0.5) is 0 Å². The Morgan fingerprint density at radius 2 is 1.74 bits per heavy atom. The number of carbonyl (C=O) groups excluding carboxylic acids is 2. The molecule has 0 aliphatic heterocycles. The van der Waals surface area contributed by atoms with E-state index in [0.717, 1.165) is 5.56 Å². The van der Waals surface area contributed by atoms with E-state index in [2.05, 4.69) is 10.6 Å². The number of aliphatic hydroxyl groups excluding tert-OH is 1. The quantitative estimate of drug-likeness (QED) is 0.721. The fraction of sp³-hybridized carbons (Fsp3) is 0.556. The van der Waals surface area contributed by atoms with Gasteiger partial charge in [-0.15, -0.1) is 0 Å². The first-order valence-electron chi connectivity index (χ1n) is 8.07. The van der Waals surface area contributed by atoms with Crippen molar-refractivity contribution in [1.29, 1.82) is 0 Å². The third-order valence-electron chi connectivity index (χ3n) is 3.58. The molecule has 1 atom stereocenters. The molecule has 0 aromatic heterocycles. The highest BCUT2D eigenvalue weighted by Gasteiger charge is 2.20. The maximum absolute atomic E-state index is 12.0. The number of amides is 2. The molecule has 5 heteroatoms. The average Bonchev–Trinajstić information content (AvgIpc) is 2.51. The maximum Gasteiger partial charge on any atom is 0.251 e. The molecule has 2 amide bonds. The van der Waals surface area contributed by atoms with Gasteiger partial charge in [0.2, 0.25) is 5.91 Å². The Labute approximate surface area is 138 Å². The van der Waals surface area contributed by atoms with Crippen molar-refractivity contribution in [3.63, 3.8) is 0 Å². The van der Waals surface area contributed by atoms with Crippen LogP contribution in [0.1, 0.15) is 56.5 Å². The van der Waals surface area contributed by atoms with Gasteiger partial charge >= 0.3 is 0 Å². The molecule has 5 nitrogen and oxygen atoms in total. The van der Waals surface area contributed by atoms with Gasteiger partial charge in [-0.05, 0) is 30.5 Å². The number of hydrogen-bond acceptors (Lipinski definition) is 3. The molecule has 0 aliphatic rings. The monoisotopic (exact) mass is 320 g/mol. The van der Waals surface area contributed by atoms with Crippen molar-refractivity contribution >= 4 is 11.8 Å². The molecular formula is C18H28N2O3. The summed E-state index contributed by atoms with van der Waals surface area (Å²) >= 11 is 0. The van der Waals surface area contributed by atoms with Crippen LogP contribution in [0, 0.1) is 5.41 Å². The summed E-state index contributed by atoms with van der Waals surface area (Å²) in [4.78, 5) is 23.8. The van der Waals surface area contributed by atoms with Crippen molar-refractivity contribution in [3.05, 3.63) is 35.4 Å². The van der Waals surface area contributed by atoms with Gasteiger partial charge in [0.05, 0.1) is 6.10 Å². The normalized spacial score (nSPS) is 12.6. The zero-order valence-electron chi connectivity index (χ0n) is 14.5. The van der Waals surface area contributed by atoms with Crippen molar-refractivity contribution < 1.29 is 14.7 Å². The van der Waals surface area contributed by atoms with Crippen LogP contribution in [-0.4, -0.2) is 29.6 Å². The predicted octanol–water partition coefficient (Wildman–Crippen LogP) is 2.24. The molecule has 1 unspecified atom stereocenters. The van der Waals surface area contributed by atoms with Crippen LogP contribution in [0.25, 0.3) is 0 Å². The van der Waals surface area contributed by atoms with E-state index in [-0.39, 0.29) is 17.9 Å². The zero-order chi connectivity index (χ0) is 17.5. The molecule has 0 fully saturated rings. The molecule has 0 aliphatic carbocycles. The topological polar surface area (TPSA) is 78.4 Å². The molecule has 0 radical (unpaired) electrons. The summed E-state index contributed by atoms with van der Waals surface area (Å²) in [6, 6.07) is 7.14. The molecule has 0 heterocycles. The van der Waals surface area contributed by atoms with Crippen LogP contribution in [0.3, 0.4) is 0 Å². The highest BCUT2D eigenvalue weighted by molar-refractivity contribution is 5.94. The van der Waals surface area contributed by atoms with E-state index in [1.807, 2.05) is 39.8 Å². The van der Waals surface area contributed by atoms with E-state index >= 15 is 0 Å². The van der Waals surface area contributed by atoms with Gasteiger partial charge in [-0.3, -0.25) is 9.59 Å². The minimum Gasteiger partial charge on any atom is -0.393 e. The van der Waals surface area contributed by atoms with Crippen LogP contribution in [0.5, 0.6) is 0 Å². The number of aliphatic hydroxyl groups is 1. The van der Waals surface area contributed by atoms with Gasteiger partial charge in [0, 0.05) is 24.1 Å². The Hall–Kier alpha value is -1.88. The third-order valence-corrected chi connectivity index (χ3v) is 3.58. The minimum absolute atomic E-state index is 0.00574. The summed E-state index contributed by atoms with van der Waals surface area (Å²) in [5.41, 5.74) is 1.10. The molecule has 1 rings (SSSR count). The first-order chi connectivity index (χ1) is 10.7. The van der Waals surface area contributed by atoms with Crippen LogP contribution < -0.4 is 10.6 Å². The van der Waals surface area contributed by atoms with Crippen LogP contribution in [-0.2, 0) is 11.3 Å². The SMILES string of the molecule is CCC(O)CCNC(=O)c1ccc(CNC(=O)C(C)(C)C)cc1. The second-order valence-corrected chi connectivity index (χ2v) is 6.74. The van der Waals surface area contributed by atoms with Gasteiger partial charge < -0.3 is 15.7 Å². The van der Waals surface area contributed by atoms with Crippen molar-refractivity contribution in [2.24, 2.45) is 5.41 Å². The number of nitrogens with one attached hydrogen (secondary N) is 2. The Morgan fingerprint density at radius 1 is 1.13 bits per heavy atom. The molecule has 1 aromatic rings. The van der Waals surface area contributed by atoms with Gasteiger partial charge in [-0.2, -0.15) is 0 Å². The van der Waals surface area contributed by atoms with Crippen molar-refractivity contribution in [1.82, 2.24) is 10.6 Å². The van der Waals surface area contributed by atoms with E-state index in [1.165, 1.54) is 0 Å². The molecule has 0 bridgehead atoms. The van der Waals surface area contributed by atoms with Gasteiger partial charge in [0.25, 0.3) is 5.91 Å². The Kier molecular flexibility index (Phi) is 7.23. The lowest BCUT2D eigenvalue weighted by atomic mass is 9.95. The molecule has 23 heavy (non-hydrogen) atoms. The highest BCUT2D eigenvalue weighted by atomic mass is 16.3. The van der Waals surface area contributed by atoms with Gasteiger partial charge in [0.15, 0.2) is 0 Å². The average molecular weight is 320 g/mol. The Balaban J connectivity index is 2.46. The lowest BCUT2D eigenvalue weighted by Gasteiger charge is -2.17. The summed E-state index contributed by atoms with van der Waals surface area (Å²) in [5.74, 6) is -0.160. The molecule has 3 N–H and O–H groups in total. The van der Waals surface area contributed by atoms with E-state index in [4.69, 9.17) is 0 Å². The summed E-state index contributed by atoms with van der Waals surface area (Å²) in [6.07, 6.45) is 0.869. The minimum atomic E-state index is -0.414. The summed E-state index contributed by atoms with van der Waals surface area (Å²) < 4.78 is 0. The van der Waals surface area contributed by atoms with Crippen molar-refractivity contribution in [3.8, 4) is 0 Å². The molecule has 0 spiro atoms. The first-order valence-corrected chi connectivity index (χ1v) is 8.07. The van der Waals surface area contributed by atoms with Gasteiger partial charge in [-0.25, -0.2) is 0 Å². The molecular weight excluding hydrogens is 292 g/mol. The van der Waals surface area contributed by atoms with E-state index in [9.17, 15) is 14.7 Å². The number of hydrogen-bond donors (Lipinski definition) is 3. The lowest BCUT2D eigenvalue weighted by Crippen LogP contribution is -2.34. The van der Waals surface area contributed by atoms with E-state index in [0.29, 0.717) is 31.5 Å². The number of rotatable bonds is 7. The van der Waals surface area contributed by atoms with Gasteiger partial charge in [0.1, 0.15) is 0 Å². The molecule has 0 saturated carbocycles. The largest absolute Gasteiger partial charge is 0.393 e. The Bertz CT molecular complexity index is 518. The summed E-state index contributed by atoms with van der Waals surface area (Å²) in [5, 5.41) is 15.1. The van der Waals surface area contributed by atoms with Crippen LogP contribution in [0.15, 0.2) is 24.3 Å². The molecule has 0 saturated heterocycles. The third kappa shape index (κ3) is 6.82. The van der Waals surface area contributed by atoms with Gasteiger partial charge in [-0.1, -0.05) is 39.8 Å². The number of benzene rings is 1. The van der Waals surface area contributed by atoms with Crippen LogP contribution in [0.2, 0.25) is 0 Å². The second kappa shape index (κ2) is 8.67.